The minimum Gasteiger partial charge on any atom is -0.465 e. The number of rotatable bonds is 3. The van der Waals surface area contributed by atoms with Crippen LogP contribution in [-0.4, -0.2) is 10.9 Å². The molecule has 0 radical (unpaired) electrons. The summed E-state index contributed by atoms with van der Waals surface area (Å²) in [4.78, 5) is 15.2. The van der Waals surface area contributed by atoms with Crippen LogP contribution in [0.3, 0.4) is 0 Å². The Morgan fingerprint density at radius 2 is 2.11 bits per heavy atom. The lowest BCUT2D eigenvalue weighted by Gasteiger charge is -2.02. The van der Waals surface area contributed by atoms with Gasteiger partial charge in [-0.25, -0.2) is 0 Å². The zero-order chi connectivity index (χ0) is 13.2. The maximum Gasteiger partial charge on any atom is 0.253 e. The van der Waals surface area contributed by atoms with E-state index in [9.17, 15) is 4.79 Å². The molecule has 4 nitrogen and oxygen atoms in total. The molecule has 2 aromatic heterocycles. The van der Waals surface area contributed by atoms with E-state index < -0.39 is 0 Å². The van der Waals surface area contributed by atoms with Gasteiger partial charge < -0.3 is 14.7 Å². The number of carbonyl (C=O) groups excluding carboxylic acids is 1. The van der Waals surface area contributed by atoms with Crippen molar-refractivity contribution in [3.63, 3.8) is 0 Å². The molecule has 1 amide bonds. The monoisotopic (exact) mass is 254 g/mol. The lowest BCUT2D eigenvalue weighted by molar-refractivity contribution is 0.0949. The average Bonchev–Trinajstić information content (AvgIpc) is 3.02. The van der Waals surface area contributed by atoms with Crippen molar-refractivity contribution >= 4 is 16.8 Å². The third-order valence-electron chi connectivity index (χ3n) is 3.05. The zero-order valence-corrected chi connectivity index (χ0v) is 10.6. The van der Waals surface area contributed by atoms with Crippen molar-refractivity contribution in [1.82, 2.24) is 10.3 Å². The molecule has 3 rings (SSSR count). The second-order valence-corrected chi connectivity index (χ2v) is 4.44. The van der Waals surface area contributed by atoms with Gasteiger partial charge in [-0.15, -0.1) is 0 Å². The Labute approximate surface area is 110 Å². The number of hydrogen-bond acceptors (Lipinski definition) is 2. The van der Waals surface area contributed by atoms with Crippen LogP contribution in [0, 0.1) is 6.92 Å². The number of hydrogen-bond donors (Lipinski definition) is 2. The van der Waals surface area contributed by atoms with E-state index >= 15 is 0 Å². The molecule has 4 heteroatoms. The summed E-state index contributed by atoms with van der Waals surface area (Å²) in [5.41, 5.74) is 1.61. The quantitative estimate of drug-likeness (QED) is 0.754. The van der Waals surface area contributed by atoms with Crippen molar-refractivity contribution in [3.05, 3.63) is 59.7 Å². The molecule has 0 unspecified atom stereocenters. The first kappa shape index (κ1) is 11.6. The molecule has 0 saturated heterocycles. The molecule has 19 heavy (non-hydrogen) atoms. The van der Waals surface area contributed by atoms with Gasteiger partial charge in [-0.2, -0.15) is 0 Å². The first-order valence-corrected chi connectivity index (χ1v) is 6.13. The van der Waals surface area contributed by atoms with Crippen LogP contribution < -0.4 is 5.32 Å². The van der Waals surface area contributed by atoms with Crippen LogP contribution in [0.4, 0.5) is 0 Å². The molecule has 0 spiro atoms. The topological polar surface area (TPSA) is 58.0 Å². The number of aromatic nitrogens is 1. The molecule has 0 atom stereocenters. The Kier molecular flexibility index (Phi) is 2.83. The number of aryl methyl sites for hydroxylation is 1. The lowest BCUT2D eigenvalue weighted by atomic mass is 10.1. The lowest BCUT2D eigenvalue weighted by Crippen LogP contribution is -2.22. The number of aromatic amines is 1. The predicted octanol–water partition coefficient (Wildman–Crippen LogP) is 3.00. The van der Waals surface area contributed by atoms with Crippen molar-refractivity contribution in [2.75, 3.05) is 0 Å². The molecule has 0 bridgehead atoms. The molecule has 1 aromatic carbocycles. The number of nitrogens with one attached hydrogen (secondary N) is 2. The molecule has 0 fully saturated rings. The number of amides is 1. The van der Waals surface area contributed by atoms with Gasteiger partial charge in [-0.3, -0.25) is 4.79 Å². The van der Waals surface area contributed by atoms with Crippen LogP contribution in [0.2, 0.25) is 0 Å². The summed E-state index contributed by atoms with van der Waals surface area (Å²) in [6.45, 7) is 2.27. The van der Waals surface area contributed by atoms with Gasteiger partial charge in [0.05, 0.1) is 12.1 Å². The number of fused-ring (bicyclic) bond motifs is 1. The number of carbonyl (C=O) groups is 1. The van der Waals surface area contributed by atoms with Gasteiger partial charge in [0.2, 0.25) is 0 Å². The average molecular weight is 254 g/mol. The van der Waals surface area contributed by atoms with Crippen molar-refractivity contribution in [2.45, 2.75) is 13.5 Å². The van der Waals surface area contributed by atoms with Crippen LogP contribution in [0.1, 0.15) is 21.9 Å². The molecule has 96 valence electrons. The highest BCUT2D eigenvalue weighted by Gasteiger charge is 2.11. The SMILES string of the molecule is Cc1ccc(CNC(=O)c2c[nH]c3ccccc23)o1. The normalized spacial score (nSPS) is 10.8. The summed E-state index contributed by atoms with van der Waals surface area (Å²) in [5, 5.41) is 3.78. The summed E-state index contributed by atoms with van der Waals surface area (Å²) in [6.07, 6.45) is 1.73. The Hall–Kier alpha value is -2.49. The summed E-state index contributed by atoms with van der Waals surface area (Å²) < 4.78 is 5.42. The molecule has 2 heterocycles. The standard InChI is InChI=1S/C15H14N2O2/c1-10-6-7-11(19-10)8-17-15(18)13-9-16-14-5-3-2-4-12(13)14/h2-7,9,16H,8H2,1H3,(H,17,18). The summed E-state index contributed by atoms with van der Waals surface area (Å²) >= 11 is 0. The second kappa shape index (κ2) is 4.65. The third kappa shape index (κ3) is 2.25. The smallest absolute Gasteiger partial charge is 0.253 e. The summed E-state index contributed by atoms with van der Waals surface area (Å²) in [5.74, 6) is 1.49. The molecular formula is C15H14N2O2. The van der Waals surface area contributed by atoms with E-state index in [0.717, 1.165) is 22.4 Å². The van der Waals surface area contributed by atoms with Crippen molar-refractivity contribution in [2.24, 2.45) is 0 Å². The molecule has 0 aliphatic rings. The van der Waals surface area contributed by atoms with E-state index in [1.54, 1.807) is 6.20 Å². The minimum absolute atomic E-state index is 0.105. The molecular weight excluding hydrogens is 240 g/mol. The number of H-pyrrole nitrogens is 1. The second-order valence-electron chi connectivity index (χ2n) is 4.44. The van der Waals surface area contributed by atoms with Gasteiger partial charge in [0, 0.05) is 17.1 Å². The number of para-hydroxylation sites is 1. The van der Waals surface area contributed by atoms with Crippen LogP contribution >= 0.6 is 0 Å². The van der Waals surface area contributed by atoms with Gasteiger partial charge in [0.25, 0.3) is 5.91 Å². The third-order valence-corrected chi connectivity index (χ3v) is 3.05. The van der Waals surface area contributed by atoms with Crippen LogP contribution in [-0.2, 0) is 6.54 Å². The first-order chi connectivity index (χ1) is 9.24. The van der Waals surface area contributed by atoms with Crippen molar-refractivity contribution in [3.8, 4) is 0 Å². The Balaban J connectivity index is 1.77. The Morgan fingerprint density at radius 1 is 1.26 bits per heavy atom. The minimum atomic E-state index is -0.105. The molecule has 0 aliphatic heterocycles. The van der Waals surface area contributed by atoms with E-state index in [0.29, 0.717) is 12.1 Å². The van der Waals surface area contributed by atoms with E-state index in [1.807, 2.05) is 43.3 Å². The van der Waals surface area contributed by atoms with Crippen molar-refractivity contribution in [1.29, 1.82) is 0 Å². The molecule has 0 aliphatic carbocycles. The van der Waals surface area contributed by atoms with Gasteiger partial charge in [-0.1, -0.05) is 18.2 Å². The van der Waals surface area contributed by atoms with Crippen LogP contribution in [0.25, 0.3) is 10.9 Å². The van der Waals surface area contributed by atoms with Gasteiger partial charge in [0.1, 0.15) is 11.5 Å². The number of benzene rings is 1. The largest absolute Gasteiger partial charge is 0.465 e. The molecule has 2 N–H and O–H groups in total. The Morgan fingerprint density at radius 3 is 2.89 bits per heavy atom. The van der Waals surface area contributed by atoms with Gasteiger partial charge in [0.15, 0.2) is 0 Å². The van der Waals surface area contributed by atoms with E-state index in [1.165, 1.54) is 0 Å². The fourth-order valence-electron chi connectivity index (χ4n) is 2.10. The van der Waals surface area contributed by atoms with E-state index in [-0.39, 0.29) is 5.91 Å². The van der Waals surface area contributed by atoms with Gasteiger partial charge >= 0.3 is 0 Å². The highest BCUT2D eigenvalue weighted by molar-refractivity contribution is 6.06. The fourth-order valence-corrected chi connectivity index (χ4v) is 2.10. The maximum atomic E-state index is 12.1. The first-order valence-electron chi connectivity index (χ1n) is 6.13. The van der Waals surface area contributed by atoms with Crippen LogP contribution in [0.15, 0.2) is 47.0 Å². The highest BCUT2D eigenvalue weighted by Crippen LogP contribution is 2.17. The van der Waals surface area contributed by atoms with Crippen LogP contribution in [0.5, 0.6) is 0 Å². The predicted molar refractivity (Wildman–Crippen MR) is 72.9 cm³/mol. The zero-order valence-electron chi connectivity index (χ0n) is 10.6. The Bertz CT molecular complexity index is 724. The molecule has 0 saturated carbocycles. The van der Waals surface area contributed by atoms with E-state index in [2.05, 4.69) is 10.3 Å². The van der Waals surface area contributed by atoms with Crippen molar-refractivity contribution < 1.29 is 9.21 Å². The fraction of sp³-hybridized carbons (Fsp3) is 0.133. The summed E-state index contributed by atoms with van der Waals surface area (Å²) in [6, 6.07) is 11.5. The number of furan rings is 1. The maximum absolute atomic E-state index is 12.1. The molecule has 3 aromatic rings. The highest BCUT2D eigenvalue weighted by atomic mass is 16.3. The summed E-state index contributed by atoms with van der Waals surface area (Å²) in [7, 11) is 0. The van der Waals surface area contributed by atoms with Gasteiger partial charge in [-0.05, 0) is 25.1 Å². The van der Waals surface area contributed by atoms with E-state index in [4.69, 9.17) is 4.42 Å².